The van der Waals surface area contributed by atoms with E-state index >= 15 is 0 Å². The molecule has 10 nitrogen and oxygen atoms in total. The predicted molar refractivity (Wildman–Crippen MR) is 116 cm³/mol. The first-order valence-corrected chi connectivity index (χ1v) is 11.9. The highest BCUT2D eigenvalue weighted by atomic mass is 35.5. The Bertz CT molecular complexity index is 853. The Morgan fingerprint density at radius 3 is 2.61 bits per heavy atom. The van der Waals surface area contributed by atoms with E-state index in [1.165, 1.54) is 12.1 Å². The lowest BCUT2D eigenvalue weighted by molar-refractivity contribution is -0.130. The summed E-state index contributed by atoms with van der Waals surface area (Å²) in [6.07, 6.45) is 1.67. The largest absolute Gasteiger partial charge is 0.508 e. The number of halogens is 2. The molecule has 1 aromatic rings. The zero-order valence-electron chi connectivity index (χ0n) is 18.0. The number of hydrogen-bond donors (Lipinski definition) is 4. The van der Waals surface area contributed by atoms with Crippen LogP contribution in [0.3, 0.4) is 0 Å². The third-order valence-electron chi connectivity index (χ3n) is 6.20. The Labute approximate surface area is 196 Å². The van der Waals surface area contributed by atoms with Crippen LogP contribution in [-0.4, -0.2) is 65.9 Å². The molecule has 0 aliphatic heterocycles. The van der Waals surface area contributed by atoms with Crippen molar-refractivity contribution >= 4 is 32.3 Å². The van der Waals surface area contributed by atoms with Crippen LogP contribution in [0.5, 0.6) is 5.75 Å². The summed E-state index contributed by atoms with van der Waals surface area (Å²) in [5, 5.41) is 6.24. The van der Waals surface area contributed by atoms with E-state index in [9.17, 15) is 14.0 Å². The summed E-state index contributed by atoms with van der Waals surface area (Å²) in [5.74, 6) is -0.816. The summed E-state index contributed by atoms with van der Waals surface area (Å²) in [7, 11) is -0.715. The van der Waals surface area contributed by atoms with Crippen LogP contribution in [0.25, 0.3) is 0 Å². The molecule has 3 saturated carbocycles. The average Bonchev–Trinajstić information content (AvgIpc) is 2.78. The van der Waals surface area contributed by atoms with Gasteiger partial charge in [0.25, 0.3) is 5.91 Å². The Kier molecular flexibility index (Phi) is 8.71. The molecule has 1 unspecified atom stereocenters. The second-order valence-electron chi connectivity index (χ2n) is 8.09. The van der Waals surface area contributed by atoms with E-state index in [1.807, 2.05) is 0 Å². The number of nitrogens with one attached hydrogen (secondary N) is 2. The fourth-order valence-corrected chi connectivity index (χ4v) is 4.79. The minimum atomic E-state index is -2.52. The quantitative estimate of drug-likeness (QED) is 0.213. The highest BCUT2D eigenvalue weighted by Gasteiger charge is 2.56. The molecule has 3 fully saturated rings. The minimum absolute atomic E-state index is 0.0351. The van der Waals surface area contributed by atoms with Gasteiger partial charge in [0.05, 0.1) is 17.2 Å². The Hall–Kier alpha value is -1.75. The van der Waals surface area contributed by atoms with Gasteiger partial charge in [-0.2, -0.15) is 0 Å². The SMILES string of the molecule is CNC12CCC(NC(=O)COc3ccc(Cl)c(F)c3)(CC1)CC2OC(=O)OCCOP(O)O. The Morgan fingerprint density at radius 1 is 1.24 bits per heavy atom. The molecule has 33 heavy (non-hydrogen) atoms. The molecule has 1 atom stereocenters. The Morgan fingerprint density at radius 2 is 1.97 bits per heavy atom. The monoisotopic (exact) mass is 508 g/mol. The van der Waals surface area contributed by atoms with Gasteiger partial charge in [0.1, 0.15) is 24.3 Å². The number of carbonyl (C=O) groups is 2. The fourth-order valence-electron chi connectivity index (χ4n) is 4.43. The Balaban J connectivity index is 1.54. The summed E-state index contributed by atoms with van der Waals surface area (Å²) < 4.78 is 34.0. The number of rotatable bonds is 10. The second-order valence-corrected chi connectivity index (χ2v) is 9.27. The van der Waals surface area contributed by atoms with Crippen LogP contribution in [0.4, 0.5) is 9.18 Å². The number of carbonyl (C=O) groups excluding carboxylic acids is 2. The molecule has 1 aromatic carbocycles. The molecule has 0 radical (unpaired) electrons. The van der Waals surface area contributed by atoms with Crippen molar-refractivity contribution in [3.8, 4) is 5.75 Å². The lowest BCUT2D eigenvalue weighted by Crippen LogP contribution is -2.69. The topological polar surface area (TPSA) is 136 Å². The first-order valence-electron chi connectivity index (χ1n) is 10.4. The third-order valence-corrected chi connectivity index (χ3v) is 6.92. The van der Waals surface area contributed by atoms with Crippen molar-refractivity contribution in [1.82, 2.24) is 10.6 Å². The minimum Gasteiger partial charge on any atom is -0.484 e. The predicted octanol–water partition coefficient (Wildman–Crippen LogP) is 2.40. The van der Waals surface area contributed by atoms with Crippen molar-refractivity contribution in [2.45, 2.75) is 49.3 Å². The van der Waals surface area contributed by atoms with Gasteiger partial charge in [0.15, 0.2) is 6.61 Å². The van der Waals surface area contributed by atoms with Gasteiger partial charge in [-0.25, -0.2) is 9.18 Å². The van der Waals surface area contributed by atoms with Gasteiger partial charge in [-0.3, -0.25) is 4.79 Å². The van der Waals surface area contributed by atoms with Crippen molar-refractivity contribution in [2.75, 3.05) is 26.9 Å². The van der Waals surface area contributed by atoms with Gasteiger partial charge in [0, 0.05) is 18.0 Å². The smallest absolute Gasteiger partial charge is 0.484 e. The lowest BCUT2D eigenvalue weighted by Gasteiger charge is -2.56. The van der Waals surface area contributed by atoms with Gasteiger partial charge in [-0.05, 0) is 44.9 Å². The number of amides is 1. The second kappa shape index (κ2) is 11.1. The van der Waals surface area contributed by atoms with Crippen molar-refractivity contribution in [2.24, 2.45) is 0 Å². The summed E-state index contributed by atoms with van der Waals surface area (Å²) >= 11 is 5.65. The van der Waals surface area contributed by atoms with E-state index in [2.05, 4.69) is 15.2 Å². The first-order chi connectivity index (χ1) is 15.7. The fraction of sp³-hybridized carbons (Fsp3) is 0.600. The van der Waals surface area contributed by atoms with E-state index in [4.69, 9.17) is 35.6 Å². The van der Waals surface area contributed by atoms with Gasteiger partial charge < -0.3 is 39.2 Å². The third kappa shape index (κ3) is 6.65. The first kappa shape index (κ1) is 25.9. The molecule has 4 N–H and O–H groups in total. The number of fused-ring (bicyclic) bond motifs is 3. The molecular weight excluding hydrogens is 482 g/mol. The average molecular weight is 509 g/mol. The summed E-state index contributed by atoms with van der Waals surface area (Å²) in [4.78, 5) is 42.1. The van der Waals surface area contributed by atoms with E-state index in [-0.39, 0.29) is 36.5 Å². The van der Waals surface area contributed by atoms with E-state index in [0.29, 0.717) is 32.1 Å². The molecule has 1 amide bonds. The summed E-state index contributed by atoms with van der Waals surface area (Å²) in [5.41, 5.74) is -0.994. The zero-order valence-corrected chi connectivity index (χ0v) is 19.7. The van der Waals surface area contributed by atoms with E-state index < -0.39 is 37.8 Å². The molecule has 3 aliphatic carbocycles. The maximum absolute atomic E-state index is 13.5. The lowest BCUT2D eigenvalue weighted by atomic mass is 9.60. The standard InChI is InChI=1S/C20H27ClFN2O8P/c1-23-20-6-4-19(5-7-20,11-16(20)32-18(26)29-8-9-31-33(27)28)24-17(25)12-30-13-2-3-14(21)15(22)10-13/h2-3,10,16,23,27-28H,4-9,11-12H2,1H3,(H,24,25). The molecule has 184 valence electrons. The van der Waals surface area contributed by atoms with Crippen molar-refractivity contribution in [3.63, 3.8) is 0 Å². The number of ether oxygens (including phenoxy) is 3. The molecule has 4 rings (SSSR count). The van der Waals surface area contributed by atoms with Crippen molar-refractivity contribution in [3.05, 3.63) is 29.0 Å². The highest BCUT2D eigenvalue weighted by molar-refractivity contribution is 7.39. The van der Waals surface area contributed by atoms with E-state index in [0.717, 1.165) is 6.07 Å². The molecule has 2 bridgehead atoms. The maximum atomic E-state index is 13.5. The van der Waals surface area contributed by atoms with Gasteiger partial charge in [-0.1, -0.05) is 11.6 Å². The highest BCUT2D eigenvalue weighted by Crippen LogP contribution is 2.48. The molecule has 3 aliphatic rings. The van der Waals surface area contributed by atoms with Crippen LogP contribution in [0.15, 0.2) is 18.2 Å². The van der Waals surface area contributed by atoms with E-state index in [1.54, 1.807) is 7.05 Å². The number of benzene rings is 1. The van der Waals surface area contributed by atoms with Gasteiger partial charge >= 0.3 is 14.8 Å². The van der Waals surface area contributed by atoms with Crippen LogP contribution >= 0.6 is 20.2 Å². The molecule has 13 heteroatoms. The molecule has 0 aromatic heterocycles. The van der Waals surface area contributed by atoms with Crippen LogP contribution in [0.2, 0.25) is 5.02 Å². The van der Waals surface area contributed by atoms with Crippen LogP contribution in [-0.2, 0) is 18.8 Å². The summed E-state index contributed by atoms with van der Waals surface area (Å²) in [6.45, 7) is -0.665. The molecule has 0 spiro atoms. The van der Waals surface area contributed by atoms with Gasteiger partial charge in [-0.15, -0.1) is 0 Å². The number of hydrogen-bond acceptors (Lipinski definition) is 9. The normalized spacial score (nSPS) is 26.2. The van der Waals surface area contributed by atoms with Crippen molar-refractivity contribution < 1.29 is 42.5 Å². The van der Waals surface area contributed by atoms with Crippen LogP contribution < -0.4 is 15.4 Å². The zero-order chi connectivity index (χ0) is 24.1. The maximum Gasteiger partial charge on any atom is 0.508 e. The van der Waals surface area contributed by atoms with Gasteiger partial charge in [0.2, 0.25) is 0 Å². The summed E-state index contributed by atoms with van der Waals surface area (Å²) in [6, 6.07) is 3.93. The number of likely N-dealkylation sites (N-methyl/N-ethyl adjacent to an activating group) is 1. The molecule has 0 heterocycles. The van der Waals surface area contributed by atoms with Crippen molar-refractivity contribution in [1.29, 1.82) is 0 Å². The van der Waals surface area contributed by atoms with Crippen LogP contribution in [0, 0.1) is 5.82 Å². The molecule has 0 saturated heterocycles. The van der Waals surface area contributed by atoms with Crippen LogP contribution in [0.1, 0.15) is 32.1 Å². The molecular formula is C20H27ClFN2O8P.